The Kier molecular flexibility index (Phi) is 4.62. The molecule has 2 aromatic carbocycles. The van der Waals surface area contributed by atoms with Gasteiger partial charge in [-0.3, -0.25) is 9.59 Å². The number of methoxy groups -OCH3 is 1. The predicted octanol–water partition coefficient (Wildman–Crippen LogP) is 3.07. The monoisotopic (exact) mass is 324 g/mol. The van der Waals surface area contributed by atoms with Gasteiger partial charge in [0.2, 0.25) is 5.91 Å². The van der Waals surface area contributed by atoms with E-state index in [0.29, 0.717) is 24.4 Å². The van der Waals surface area contributed by atoms with Crippen LogP contribution in [0.25, 0.3) is 0 Å². The van der Waals surface area contributed by atoms with E-state index in [1.54, 1.807) is 24.1 Å². The van der Waals surface area contributed by atoms with Crippen LogP contribution in [0.2, 0.25) is 0 Å². The number of carbonyl (C=O) groups excluding carboxylic acids is 2. The fourth-order valence-corrected chi connectivity index (χ4v) is 2.78. The quantitative estimate of drug-likeness (QED) is 0.944. The second-order valence-corrected chi connectivity index (χ2v) is 5.95. The zero-order valence-corrected chi connectivity index (χ0v) is 13.8. The molecule has 1 aliphatic rings. The number of hydrogen-bond donors (Lipinski definition) is 1. The third-order valence-corrected chi connectivity index (χ3v) is 4.11. The number of nitrogens with zero attached hydrogens (tertiary/aromatic N) is 1. The van der Waals surface area contributed by atoms with Crippen LogP contribution < -0.4 is 10.2 Å². The molecule has 2 amide bonds. The van der Waals surface area contributed by atoms with Crippen LogP contribution in [0.3, 0.4) is 0 Å². The minimum atomic E-state index is -0.283. The Hall–Kier alpha value is -2.66. The van der Waals surface area contributed by atoms with Gasteiger partial charge < -0.3 is 15.0 Å². The lowest BCUT2D eigenvalue weighted by Gasteiger charge is -2.23. The summed E-state index contributed by atoms with van der Waals surface area (Å²) in [6, 6.07) is 14.7. The van der Waals surface area contributed by atoms with Gasteiger partial charge in [0.25, 0.3) is 5.91 Å². The Labute approximate surface area is 141 Å². The highest BCUT2D eigenvalue weighted by atomic mass is 16.5. The van der Waals surface area contributed by atoms with Crippen LogP contribution in [0.4, 0.5) is 11.4 Å². The van der Waals surface area contributed by atoms with E-state index in [1.165, 1.54) is 0 Å². The molecule has 2 aromatic rings. The second-order valence-electron chi connectivity index (χ2n) is 5.95. The number of hydrogen-bond acceptors (Lipinski definition) is 3. The maximum absolute atomic E-state index is 13.0. The van der Waals surface area contributed by atoms with Crippen molar-refractivity contribution in [3.05, 3.63) is 59.7 Å². The third kappa shape index (κ3) is 3.16. The van der Waals surface area contributed by atoms with Crippen LogP contribution in [0.15, 0.2) is 48.5 Å². The molecule has 5 heteroatoms. The third-order valence-electron chi connectivity index (χ3n) is 4.11. The van der Waals surface area contributed by atoms with Crippen LogP contribution in [0.5, 0.6) is 0 Å². The summed E-state index contributed by atoms with van der Waals surface area (Å²) in [6.45, 7) is 2.68. The summed E-state index contributed by atoms with van der Waals surface area (Å²) in [4.78, 5) is 26.8. The van der Waals surface area contributed by atoms with Crippen LogP contribution in [0, 0.1) is 5.92 Å². The number of ether oxygens (including phenoxy) is 1. The first-order valence-corrected chi connectivity index (χ1v) is 7.90. The molecule has 5 nitrogen and oxygen atoms in total. The Balaban J connectivity index is 1.94. The van der Waals surface area contributed by atoms with E-state index in [9.17, 15) is 9.59 Å². The number of amides is 2. The van der Waals surface area contributed by atoms with Crippen LogP contribution in [-0.4, -0.2) is 25.5 Å². The number of carbonyl (C=O) groups is 2. The molecule has 1 aliphatic heterocycles. The summed E-state index contributed by atoms with van der Waals surface area (Å²) in [5.74, 6) is -0.475. The highest BCUT2D eigenvalue weighted by Gasteiger charge is 2.29. The molecule has 0 unspecified atom stereocenters. The Morgan fingerprint density at radius 3 is 2.62 bits per heavy atom. The summed E-state index contributed by atoms with van der Waals surface area (Å²) in [6.07, 6.45) is 0. The molecule has 0 fully saturated rings. The van der Waals surface area contributed by atoms with Crippen molar-refractivity contribution >= 4 is 23.2 Å². The topological polar surface area (TPSA) is 58.6 Å². The molecule has 1 atom stereocenters. The molecule has 1 heterocycles. The Morgan fingerprint density at radius 2 is 1.92 bits per heavy atom. The lowest BCUT2D eigenvalue weighted by Crippen LogP contribution is -2.35. The van der Waals surface area contributed by atoms with Crippen LogP contribution in [0.1, 0.15) is 22.8 Å². The highest BCUT2D eigenvalue weighted by molar-refractivity contribution is 6.10. The van der Waals surface area contributed by atoms with Crippen molar-refractivity contribution < 1.29 is 14.3 Å². The van der Waals surface area contributed by atoms with Gasteiger partial charge in [-0.25, -0.2) is 0 Å². The zero-order chi connectivity index (χ0) is 17.1. The number of fused-ring (bicyclic) bond motifs is 1. The largest absolute Gasteiger partial charge is 0.380 e. The van der Waals surface area contributed by atoms with Gasteiger partial charge in [-0.05, 0) is 29.8 Å². The number of rotatable bonds is 3. The van der Waals surface area contributed by atoms with E-state index in [1.807, 2.05) is 43.3 Å². The minimum Gasteiger partial charge on any atom is -0.380 e. The summed E-state index contributed by atoms with van der Waals surface area (Å²) in [5.41, 5.74) is 2.99. The molecule has 0 saturated carbocycles. The molecule has 0 aromatic heterocycles. The molecular weight excluding hydrogens is 304 g/mol. The van der Waals surface area contributed by atoms with Crippen molar-refractivity contribution in [2.24, 2.45) is 5.92 Å². The van der Waals surface area contributed by atoms with Crippen LogP contribution >= 0.6 is 0 Å². The van der Waals surface area contributed by atoms with Gasteiger partial charge >= 0.3 is 0 Å². The van der Waals surface area contributed by atoms with E-state index < -0.39 is 0 Å². The fourth-order valence-electron chi connectivity index (χ4n) is 2.78. The van der Waals surface area contributed by atoms with Gasteiger partial charge in [-0.1, -0.05) is 31.2 Å². The molecule has 3 rings (SSSR count). The molecule has 0 radical (unpaired) electrons. The van der Waals surface area contributed by atoms with Crippen molar-refractivity contribution in [1.29, 1.82) is 0 Å². The number of nitrogens with one attached hydrogen (secondary N) is 1. The standard InChI is InChI=1S/C19H20N2O3/c1-13-11-21(17-6-4-3-5-16(17)20-18(13)22)19(23)15-9-7-14(8-10-15)12-24-2/h3-10,13H,11-12H2,1-2H3,(H,20,22)/t13-/m1/s1. The molecule has 0 bridgehead atoms. The van der Waals surface area contributed by atoms with Crippen molar-refractivity contribution in [2.75, 3.05) is 23.9 Å². The van der Waals surface area contributed by atoms with Crippen molar-refractivity contribution in [3.63, 3.8) is 0 Å². The number of benzene rings is 2. The van der Waals surface area contributed by atoms with Crippen LogP contribution in [-0.2, 0) is 16.1 Å². The number of para-hydroxylation sites is 2. The fraction of sp³-hybridized carbons (Fsp3) is 0.263. The zero-order valence-electron chi connectivity index (χ0n) is 13.8. The lowest BCUT2D eigenvalue weighted by atomic mass is 10.1. The predicted molar refractivity (Wildman–Crippen MR) is 93.1 cm³/mol. The van der Waals surface area contributed by atoms with Gasteiger partial charge in [0, 0.05) is 19.2 Å². The number of anilines is 2. The SMILES string of the molecule is COCc1ccc(C(=O)N2C[C@@H](C)C(=O)Nc3ccccc32)cc1. The molecular formula is C19H20N2O3. The summed E-state index contributed by atoms with van der Waals surface area (Å²) in [7, 11) is 1.64. The molecule has 0 spiro atoms. The molecule has 1 N–H and O–H groups in total. The average molecular weight is 324 g/mol. The molecule has 124 valence electrons. The average Bonchev–Trinajstić information content (AvgIpc) is 2.72. The summed E-state index contributed by atoms with van der Waals surface area (Å²) < 4.78 is 5.09. The van der Waals surface area contributed by atoms with E-state index in [4.69, 9.17) is 4.74 Å². The maximum atomic E-state index is 13.0. The van der Waals surface area contributed by atoms with Gasteiger partial charge in [0.15, 0.2) is 0 Å². The molecule has 0 aliphatic carbocycles. The second kappa shape index (κ2) is 6.84. The lowest BCUT2D eigenvalue weighted by molar-refractivity contribution is -0.119. The van der Waals surface area contributed by atoms with Gasteiger partial charge in [-0.2, -0.15) is 0 Å². The van der Waals surface area contributed by atoms with E-state index in [0.717, 1.165) is 11.3 Å². The minimum absolute atomic E-state index is 0.0757. The highest BCUT2D eigenvalue weighted by Crippen LogP contribution is 2.31. The van der Waals surface area contributed by atoms with Crippen molar-refractivity contribution in [3.8, 4) is 0 Å². The van der Waals surface area contributed by atoms with E-state index in [-0.39, 0.29) is 17.7 Å². The van der Waals surface area contributed by atoms with Crippen molar-refractivity contribution in [1.82, 2.24) is 0 Å². The summed E-state index contributed by atoms with van der Waals surface area (Å²) >= 11 is 0. The maximum Gasteiger partial charge on any atom is 0.258 e. The molecule has 24 heavy (non-hydrogen) atoms. The first-order valence-electron chi connectivity index (χ1n) is 7.90. The van der Waals surface area contributed by atoms with Gasteiger partial charge in [-0.15, -0.1) is 0 Å². The normalized spacial score (nSPS) is 17.0. The smallest absolute Gasteiger partial charge is 0.258 e. The Morgan fingerprint density at radius 1 is 1.21 bits per heavy atom. The summed E-state index contributed by atoms with van der Waals surface area (Å²) in [5, 5.41) is 2.88. The van der Waals surface area contributed by atoms with Crippen molar-refractivity contribution in [2.45, 2.75) is 13.5 Å². The van der Waals surface area contributed by atoms with E-state index >= 15 is 0 Å². The first kappa shape index (κ1) is 16.2. The molecule has 0 saturated heterocycles. The van der Waals surface area contributed by atoms with Gasteiger partial charge in [0.05, 0.1) is 23.9 Å². The van der Waals surface area contributed by atoms with E-state index in [2.05, 4.69) is 5.32 Å². The first-order chi connectivity index (χ1) is 11.6. The Bertz CT molecular complexity index is 755. The van der Waals surface area contributed by atoms with Gasteiger partial charge in [0.1, 0.15) is 0 Å².